The van der Waals surface area contributed by atoms with E-state index in [1.54, 1.807) is 96.3 Å². The highest BCUT2D eigenvalue weighted by Crippen LogP contribution is 2.50. The third-order valence-electron chi connectivity index (χ3n) is 17.2. The van der Waals surface area contributed by atoms with Gasteiger partial charge in [-0.3, -0.25) is 9.80 Å². The molecule has 8 rings (SSSR count). The van der Waals surface area contributed by atoms with Crippen molar-refractivity contribution in [3.63, 3.8) is 0 Å². The quantitative estimate of drug-likeness (QED) is 0.271. The summed E-state index contributed by atoms with van der Waals surface area (Å²) in [5.41, 5.74) is 0. The molecule has 0 saturated heterocycles. The molecule has 0 spiro atoms. The van der Waals surface area contributed by atoms with Crippen molar-refractivity contribution < 1.29 is 0 Å². The molecule has 0 amide bonds. The maximum Gasteiger partial charge on any atom is 0.0132 e. The van der Waals surface area contributed by atoms with Gasteiger partial charge >= 0.3 is 0 Å². The third kappa shape index (κ3) is 7.61. The molecule has 8 aliphatic carbocycles. The second kappa shape index (κ2) is 16.1. The summed E-state index contributed by atoms with van der Waals surface area (Å²) in [5, 5.41) is 0. The van der Waals surface area contributed by atoms with Crippen LogP contribution in [-0.4, -0.2) is 46.1 Å². The topological polar surface area (TPSA) is 6.48 Å². The summed E-state index contributed by atoms with van der Waals surface area (Å²) in [6, 6.07) is 5.59. The second-order valence-electron chi connectivity index (χ2n) is 19.7. The molecule has 0 aromatic rings. The van der Waals surface area contributed by atoms with Gasteiger partial charge in [-0.1, -0.05) is 90.4 Å². The van der Waals surface area contributed by atoms with E-state index < -0.39 is 0 Å². The Kier molecular flexibility index (Phi) is 11.6. The molecule has 2 heteroatoms. The van der Waals surface area contributed by atoms with E-state index in [0.717, 1.165) is 77.7 Å². The Balaban J connectivity index is 0.903. The average Bonchev–Trinajstić information content (AvgIpc) is 3.14. The zero-order valence-corrected chi connectivity index (χ0v) is 31.3. The summed E-state index contributed by atoms with van der Waals surface area (Å²) in [5.74, 6) is 7.33. The van der Waals surface area contributed by atoms with Gasteiger partial charge in [0.15, 0.2) is 0 Å². The Labute approximate surface area is 292 Å². The van der Waals surface area contributed by atoms with Gasteiger partial charge in [-0.25, -0.2) is 0 Å². The highest BCUT2D eigenvalue weighted by atomic mass is 15.2. The summed E-state index contributed by atoms with van der Waals surface area (Å²) in [6.07, 6.45) is 47.7. The minimum absolute atomic E-state index is 0.920. The minimum Gasteiger partial charge on any atom is -0.294 e. The molecule has 0 heterocycles. The van der Waals surface area contributed by atoms with Crippen LogP contribution in [0.25, 0.3) is 0 Å². The standard InChI is InChI=1S/C45H78N2/c1-33-21-27-39(28-22-33)47(45-20-10-14-37-12-6-8-18-43(37)45)41-31-25-35(26-32-41)34-23-29-40(30-24-34)46(38-15-3-2-4-16-38)44-19-9-13-36-11-5-7-17-42(36)44/h33-45H,2-32H2,1H3. The van der Waals surface area contributed by atoms with Crippen LogP contribution in [0, 0.1) is 41.4 Å². The van der Waals surface area contributed by atoms with Gasteiger partial charge in [0.2, 0.25) is 0 Å². The maximum absolute atomic E-state index is 3.33. The second-order valence-corrected chi connectivity index (χ2v) is 19.7. The summed E-state index contributed by atoms with van der Waals surface area (Å²) < 4.78 is 0. The first-order valence-electron chi connectivity index (χ1n) is 22.8. The van der Waals surface area contributed by atoms with E-state index in [0.29, 0.717) is 0 Å². The normalized spacial score (nSPS) is 45.8. The van der Waals surface area contributed by atoms with E-state index in [2.05, 4.69) is 16.7 Å². The Morgan fingerprint density at radius 3 is 1.11 bits per heavy atom. The van der Waals surface area contributed by atoms with E-state index in [1.807, 2.05) is 0 Å². The predicted octanol–water partition coefficient (Wildman–Crippen LogP) is 12.3. The van der Waals surface area contributed by atoms with Crippen molar-refractivity contribution in [3.8, 4) is 0 Å². The highest BCUT2D eigenvalue weighted by Gasteiger charge is 2.46. The predicted molar refractivity (Wildman–Crippen MR) is 200 cm³/mol. The lowest BCUT2D eigenvalue weighted by Gasteiger charge is -2.54. The molecule has 0 N–H and O–H groups in total. The van der Waals surface area contributed by atoms with Gasteiger partial charge < -0.3 is 0 Å². The summed E-state index contributed by atoms with van der Waals surface area (Å²) in [6.45, 7) is 2.54. The molecule has 8 saturated carbocycles. The highest BCUT2D eigenvalue weighted by molar-refractivity contribution is 5.00. The van der Waals surface area contributed by atoms with Crippen LogP contribution in [0.2, 0.25) is 0 Å². The van der Waals surface area contributed by atoms with Crippen molar-refractivity contribution in [1.29, 1.82) is 0 Å². The van der Waals surface area contributed by atoms with Crippen LogP contribution in [0.5, 0.6) is 0 Å². The largest absolute Gasteiger partial charge is 0.294 e. The first-order valence-corrected chi connectivity index (χ1v) is 22.8. The number of hydrogen-bond acceptors (Lipinski definition) is 2. The molecule has 8 fully saturated rings. The fourth-order valence-electron chi connectivity index (χ4n) is 14.9. The van der Waals surface area contributed by atoms with E-state index in [1.165, 1.54) is 103 Å². The van der Waals surface area contributed by atoms with Crippen molar-refractivity contribution in [2.45, 2.75) is 242 Å². The van der Waals surface area contributed by atoms with Crippen LogP contribution >= 0.6 is 0 Å². The van der Waals surface area contributed by atoms with Gasteiger partial charge in [0.25, 0.3) is 0 Å². The van der Waals surface area contributed by atoms with Gasteiger partial charge in [0, 0.05) is 36.3 Å². The zero-order valence-electron chi connectivity index (χ0n) is 31.3. The lowest BCUT2D eigenvalue weighted by Crippen LogP contribution is -2.57. The summed E-state index contributed by atoms with van der Waals surface area (Å²) in [7, 11) is 0. The molecule has 2 nitrogen and oxygen atoms in total. The molecule has 0 bridgehead atoms. The monoisotopic (exact) mass is 647 g/mol. The van der Waals surface area contributed by atoms with Gasteiger partial charge in [0.1, 0.15) is 0 Å². The van der Waals surface area contributed by atoms with Crippen molar-refractivity contribution in [2.24, 2.45) is 41.4 Å². The van der Waals surface area contributed by atoms with E-state index in [9.17, 15) is 0 Å². The smallest absolute Gasteiger partial charge is 0.0132 e. The lowest BCUT2D eigenvalue weighted by molar-refractivity contribution is -0.0481. The van der Waals surface area contributed by atoms with E-state index in [-0.39, 0.29) is 0 Å². The SMILES string of the molecule is CC1CCC(N(C2CCC(C3CCC(N(C4CCCCC4)C4CCCC5CCCCC54)CC3)CC2)C2CCCC3CCCCC32)CC1. The molecule has 268 valence electrons. The van der Waals surface area contributed by atoms with Crippen molar-refractivity contribution in [2.75, 3.05) is 0 Å². The van der Waals surface area contributed by atoms with Crippen molar-refractivity contribution in [3.05, 3.63) is 0 Å². The zero-order chi connectivity index (χ0) is 31.6. The van der Waals surface area contributed by atoms with Gasteiger partial charge in [-0.15, -0.1) is 0 Å². The molecular weight excluding hydrogens is 569 g/mol. The molecule has 0 aliphatic heterocycles. The molecule has 0 radical (unpaired) electrons. The van der Waals surface area contributed by atoms with E-state index in [4.69, 9.17) is 0 Å². The molecule has 0 aromatic heterocycles. The Morgan fingerprint density at radius 2 is 0.638 bits per heavy atom. The number of rotatable bonds is 7. The molecular formula is C45H78N2. The van der Waals surface area contributed by atoms with Crippen LogP contribution in [0.15, 0.2) is 0 Å². The molecule has 0 aromatic carbocycles. The van der Waals surface area contributed by atoms with Crippen LogP contribution in [0.4, 0.5) is 0 Å². The molecule has 8 aliphatic rings. The molecule has 6 atom stereocenters. The Morgan fingerprint density at radius 1 is 0.277 bits per heavy atom. The van der Waals surface area contributed by atoms with Gasteiger partial charge in [0.05, 0.1) is 0 Å². The Bertz CT molecular complexity index is 928. The van der Waals surface area contributed by atoms with Crippen molar-refractivity contribution in [1.82, 2.24) is 9.80 Å². The first-order chi connectivity index (χ1) is 23.2. The minimum atomic E-state index is 0.920. The summed E-state index contributed by atoms with van der Waals surface area (Å²) in [4.78, 5) is 6.64. The van der Waals surface area contributed by atoms with E-state index >= 15 is 0 Å². The molecule has 47 heavy (non-hydrogen) atoms. The fraction of sp³-hybridized carbons (Fsp3) is 1.00. The average molecular weight is 647 g/mol. The maximum atomic E-state index is 3.33. The van der Waals surface area contributed by atoms with Crippen LogP contribution in [-0.2, 0) is 0 Å². The van der Waals surface area contributed by atoms with Crippen molar-refractivity contribution >= 4 is 0 Å². The van der Waals surface area contributed by atoms with Crippen LogP contribution < -0.4 is 0 Å². The van der Waals surface area contributed by atoms with Crippen LogP contribution in [0.1, 0.15) is 206 Å². The third-order valence-corrected chi connectivity index (χ3v) is 17.2. The van der Waals surface area contributed by atoms with Gasteiger partial charge in [-0.2, -0.15) is 0 Å². The Hall–Kier alpha value is -0.0800. The summed E-state index contributed by atoms with van der Waals surface area (Å²) >= 11 is 0. The molecule has 6 unspecified atom stereocenters. The first kappa shape index (κ1) is 34.0. The fourth-order valence-corrected chi connectivity index (χ4v) is 14.9. The number of hydrogen-bond donors (Lipinski definition) is 0. The number of nitrogens with zero attached hydrogens (tertiary/aromatic N) is 2. The van der Waals surface area contributed by atoms with Gasteiger partial charge in [-0.05, 0) is 157 Å². The lowest BCUT2D eigenvalue weighted by atomic mass is 9.65. The van der Waals surface area contributed by atoms with Crippen LogP contribution in [0.3, 0.4) is 0 Å². The number of fused-ring (bicyclic) bond motifs is 2.